The summed E-state index contributed by atoms with van der Waals surface area (Å²) >= 11 is 0. The molecular weight excluding hydrogens is 268 g/mol. The summed E-state index contributed by atoms with van der Waals surface area (Å²) in [4.78, 5) is 18.6. The third-order valence-electron chi connectivity index (χ3n) is 3.35. The largest absolute Gasteiger partial charge is 0.395 e. The second kappa shape index (κ2) is 7.77. The minimum Gasteiger partial charge on any atom is -0.395 e. The molecule has 2 heterocycles. The van der Waals surface area contributed by atoms with E-state index in [1.165, 1.54) is 0 Å². The number of hydrogen-bond acceptors (Lipinski definition) is 4. The van der Waals surface area contributed by atoms with Crippen LogP contribution >= 0.6 is 0 Å². The lowest BCUT2D eigenvalue weighted by Gasteiger charge is -2.32. The average molecular weight is 288 g/mol. The quantitative estimate of drug-likeness (QED) is 0.845. The van der Waals surface area contributed by atoms with Crippen LogP contribution in [0.15, 0.2) is 18.3 Å². The Kier molecular flexibility index (Phi) is 5.73. The van der Waals surface area contributed by atoms with Gasteiger partial charge in [0.25, 0.3) is 5.91 Å². The summed E-state index contributed by atoms with van der Waals surface area (Å²) in [5.41, 5.74) is 0.982. The van der Waals surface area contributed by atoms with Crippen molar-refractivity contribution in [3.8, 4) is 11.8 Å². The summed E-state index contributed by atoms with van der Waals surface area (Å²) in [6, 6.07) is 3.54. The minimum atomic E-state index is -0.106. The van der Waals surface area contributed by atoms with Gasteiger partial charge in [-0.1, -0.05) is 18.8 Å². The van der Waals surface area contributed by atoms with E-state index in [0.717, 1.165) is 6.42 Å². The van der Waals surface area contributed by atoms with Gasteiger partial charge in [-0.05, 0) is 18.6 Å². The van der Waals surface area contributed by atoms with Gasteiger partial charge in [-0.2, -0.15) is 0 Å². The Bertz CT molecular complexity index is 548. The third kappa shape index (κ3) is 4.03. The number of morpholine rings is 1. The van der Waals surface area contributed by atoms with Gasteiger partial charge in [0.1, 0.15) is 5.69 Å². The molecule has 0 aliphatic carbocycles. The van der Waals surface area contributed by atoms with Crippen LogP contribution in [0.3, 0.4) is 0 Å². The van der Waals surface area contributed by atoms with E-state index >= 15 is 0 Å². The number of hydrogen-bond donors (Lipinski definition) is 1. The number of amides is 1. The Morgan fingerprint density at radius 2 is 2.48 bits per heavy atom. The molecule has 1 aromatic rings. The number of carbonyl (C=O) groups is 1. The van der Waals surface area contributed by atoms with Crippen molar-refractivity contribution in [2.24, 2.45) is 0 Å². The highest BCUT2D eigenvalue weighted by molar-refractivity contribution is 5.94. The third-order valence-corrected chi connectivity index (χ3v) is 3.35. The molecule has 2 rings (SSSR count). The first-order valence-electron chi connectivity index (χ1n) is 7.22. The van der Waals surface area contributed by atoms with Gasteiger partial charge in [-0.25, -0.2) is 4.98 Å². The first-order valence-corrected chi connectivity index (χ1v) is 7.22. The van der Waals surface area contributed by atoms with Crippen molar-refractivity contribution in [3.63, 3.8) is 0 Å². The number of nitrogens with zero attached hydrogens (tertiary/aromatic N) is 2. The number of rotatable bonds is 3. The zero-order chi connectivity index (χ0) is 15.1. The van der Waals surface area contributed by atoms with Gasteiger partial charge >= 0.3 is 0 Å². The van der Waals surface area contributed by atoms with Crippen molar-refractivity contribution < 1.29 is 14.6 Å². The highest BCUT2D eigenvalue weighted by Gasteiger charge is 2.25. The van der Waals surface area contributed by atoms with Gasteiger partial charge in [0.2, 0.25) is 0 Å². The van der Waals surface area contributed by atoms with Crippen molar-refractivity contribution in [1.82, 2.24) is 9.88 Å². The molecule has 0 radical (unpaired) electrons. The summed E-state index contributed by atoms with van der Waals surface area (Å²) in [5.74, 6) is 5.64. The summed E-state index contributed by atoms with van der Waals surface area (Å²) < 4.78 is 5.58. The standard InChI is InChI=1S/C16H20N2O3/c1-2-14-12-18(9-11-21-14)16(20)15-13(6-3-4-10-19)7-5-8-17-15/h5,7-8,14,19H,2,4,9-12H2,1H3. The second-order valence-corrected chi connectivity index (χ2v) is 4.83. The summed E-state index contributed by atoms with van der Waals surface area (Å²) in [7, 11) is 0. The van der Waals surface area contributed by atoms with Crippen molar-refractivity contribution >= 4 is 5.91 Å². The number of pyridine rings is 1. The first kappa shape index (κ1) is 15.5. The molecule has 0 bridgehead atoms. The predicted molar refractivity (Wildman–Crippen MR) is 78.8 cm³/mol. The maximum absolute atomic E-state index is 12.6. The van der Waals surface area contributed by atoms with E-state index < -0.39 is 0 Å². The monoisotopic (exact) mass is 288 g/mol. The smallest absolute Gasteiger partial charge is 0.273 e. The molecule has 1 aliphatic rings. The Balaban J connectivity index is 2.17. The molecule has 1 fully saturated rings. The zero-order valence-electron chi connectivity index (χ0n) is 12.2. The van der Waals surface area contributed by atoms with Crippen LogP contribution in [0.1, 0.15) is 35.8 Å². The molecule has 1 atom stereocenters. The average Bonchev–Trinajstić information content (AvgIpc) is 2.55. The highest BCUT2D eigenvalue weighted by Crippen LogP contribution is 2.13. The van der Waals surface area contributed by atoms with Crippen LogP contribution in [0.2, 0.25) is 0 Å². The first-order chi connectivity index (χ1) is 10.3. The maximum Gasteiger partial charge on any atom is 0.273 e. The van der Waals surface area contributed by atoms with Crippen LogP contribution in [0.4, 0.5) is 0 Å². The van der Waals surface area contributed by atoms with Gasteiger partial charge in [-0.15, -0.1) is 0 Å². The lowest BCUT2D eigenvalue weighted by Crippen LogP contribution is -2.45. The highest BCUT2D eigenvalue weighted by atomic mass is 16.5. The lowest BCUT2D eigenvalue weighted by atomic mass is 10.1. The Labute approximate surface area is 124 Å². The molecule has 5 heteroatoms. The molecule has 1 N–H and O–H groups in total. The van der Waals surface area contributed by atoms with Crippen molar-refractivity contribution in [2.75, 3.05) is 26.3 Å². The van der Waals surface area contributed by atoms with E-state index in [2.05, 4.69) is 16.8 Å². The Hall–Kier alpha value is -1.90. The van der Waals surface area contributed by atoms with E-state index in [1.54, 1.807) is 23.2 Å². The van der Waals surface area contributed by atoms with Crippen LogP contribution in [-0.4, -0.2) is 53.3 Å². The molecule has 1 amide bonds. The number of ether oxygens (including phenoxy) is 1. The van der Waals surface area contributed by atoms with Crippen LogP contribution in [0.5, 0.6) is 0 Å². The molecule has 1 aromatic heterocycles. The molecule has 1 aliphatic heterocycles. The van der Waals surface area contributed by atoms with E-state index in [4.69, 9.17) is 9.84 Å². The molecule has 1 unspecified atom stereocenters. The van der Waals surface area contributed by atoms with Crippen LogP contribution in [0.25, 0.3) is 0 Å². The van der Waals surface area contributed by atoms with Gasteiger partial charge in [0.05, 0.1) is 24.9 Å². The fourth-order valence-electron chi connectivity index (χ4n) is 2.19. The summed E-state index contributed by atoms with van der Waals surface area (Å²) in [6.07, 6.45) is 2.96. The van der Waals surface area contributed by atoms with Gasteiger partial charge in [0.15, 0.2) is 0 Å². The van der Waals surface area contributed by atoms with Gasteiger partial charge in [-0.3, -0.25) is 4.79 Å². The number of aliphatic hydroxyl groups excluding tert-OH is 1. The predicted octanol–water partition coefficient (Wildman–Crippen LogP) is 1.07. The zero-order valence-corrected chi connectivity index (χ0v) is 12.2. The molecule has 0 spiro atoms. The van der Waals surface area contributed by atoms with Gasteiger partial charge in [0, 0.05) is 25.7 Å². The van der Waals surface area contributed by atoms with Crippen LogP contribution < -0.4 is 0 Å². The van der Waals surface area contributed by atoms with Gasteiger partial charge < -0.3 is 14.7 Å². The fraction of sp³-hybridized carbons (Fsp3) is 0.500. The Morgan fingerprint density at radius 1 is 1.62 bits per heavy atom. The lowest BCUT2D eigenvalue weighted by molar-refractivity contribution is -0.0228. The number of carbonyl (C=O) groups excluding carboxylic acids is 1. The van der Waals surface area contributed by atoms with E-state index in [0.29, 0.717) is 37.4 Å². The molecule has 0 aromatic carbocycles. The molecule has 5 nitrogen and oxygen atoms in total. The van der Waals surface area contributed by atoms with Crippen LogP contribution in [0, 0.1) is 11.8 Å². The number of aromatic nitrogens is 1. The second-order valence-electron chi connectivity index (χ2n) is 4.83. The maximum atomic E-state index is 12.6. The minimum absolute atomic E-state index is 0.0121. The summed E-state index contributed by atoms with van der Waals surface area (Å²) in [6.45, 7) is 3.79. The normalized spacial score (nSPS) is 18.0. The van der Waals surface area contributed by atoms with Crippen molar-refractivity contribution in [2.45, 2.75) is 25.9 Å². The fourth-order valence-corrected chi connectivity index (χ4v) is 2.19. The van der Waals surface area contributed by atoms with Crippen LogP contribution in [-0.2, 0) is 4.74 Å². The van der Waals surface area contributed by atoms with Crippen molar-refractivity contribution in [1.29, 1.82) is 0 Å². The van der Waals surface area contributed by atoms with E-state index in [-0.39, 0.29) is 18.6 Å². The van der Waals surface area contributed by atoms with Crippen molar-refractivity contribution in [3.05, 3.63) is 29.6 Å². The van der Waals surface area contributed by atoms with E-state index in [1.807, 2.05) is 6.92 Å². The molecule has 112 valence electrons. The molecular formula is C16H20N2O3. The topological polar surface area (TPSA) is 62.7 Å². The van der Waals surface area contributed by atoms with E-state index in [9.17, 15) is 4.79 Å². The number of aliphatic hydroxyl groups is 1. The SMILES string of the molecule is CCC1CN(C(=O)c2ncccc2C#CCCO)CCO1. The molecule has 1 saturated heterocycles. The molecule has 21 heavy (non-hydrogen) atoms. The Morgan fingerprint density at radius 3 is 3.24 bits per heavy atom. The summed E-state index contributed by atoms with van der Waals surface area (Å²) in [5, 5.41) is 8.78. The molecule has 0 saturated carbocycles.